The summed E-state index contributed by atoms with van der Waals surface area (Å²) in [6.45, 7) is 3.10. The third-order valence-electron chi connectivity index (χ3n) is 4.41. The molecule has 2 aromatic carbocycles. The minimum atomic E-state index is -0.714. The molecule has 1 heterocycles. The van der Waals surface area contributed by atoms with E-state index in [2.05, 4.69) is 10.6 Å². The Balaban J connectivity index is 2.20. The molecule has 144 valence electrons. The number of carbonyl (C=O) groups excluding carboxylic acids is 1. The molecule has 1 aliphatic rings. The Morgan fingerprint density at radius 3 is 2.18 bits per heavy atom. The minimum Gasteiger partial charge on any atom is -0.371 e. The van der Waals surface area contributed by atoms with Gasteiger partial charge in [0.15, 0.2) is 5.78 Å². The van der Waals surface area contributed by atoms with Gasteiger partial charge in [0, 0.05) is 24.7 Å². The van der Waals surface area contributed by atoms with Crippen LogP contribution in [0.1, 0.15) is 27.9 Å². The van der Waals surface area contributed by atoms with Gasteiger partial charge in [0.05, 0.1) is 27.0 Å². The van der Waals surface area contributed by atoms with Crippen LogP contribution in [0.25, 0.3) is 5.57 Å². The fourth-order valence-electron chi connectivity index (χ4n) is 2.97. The van der Waals surface area contributed by atoms with Gasteiger partial charge in [-0.25, -0.2) is 0 Å². The van der Waals surface area contributed by atoms with Crippen molar-refractivity contribution in [3.63, 3.8) is 0 Å². The molecule has 2 N–H and O–H groups in total. The molecule has 2 aromatic rings. The smallest absolute Gasteiger partial charge is 0.284 e. The number of rotatable bonds is 5. The van der Waals surface area contributed by atoms with Crippen molar-refractivity contribution in [1.29, 1.82) is 0 Å². The van der Waals surface area contributed by atoms with E-state index < -0.39 is 27.0 Å². The lowest BCUT2D eigenvalue weighted by atomic mass is 9.94. The lowest BCUT2D eigenvalue weighted by Gasteiger charge is -2.23. The molecule has 0 unspecified atom stereocenters. The van der Waals surface area contributed by atoms with Crippen LogP contribution in [0.5, 0.6) is 0 Å². The van der Waals surface area contributed by atoms with Gasteiger partial charge in [-0.05, 0) is 19.4 Å². The van der Waals surface area contributed by atoms with Crippen molar-refractivity contribution in [2.45, 2.75) is 13.3 Å². The predicted octanol–water partition coefficient (Wildman–Crippen LogP) is 2.95. The number of aryl methyl sites for hydroxylation is 1. The molecule has 0 spiro atoms. The van der Waals surface area contributed by atoms with Gasteiger partial charge < -0.3 is 10.6 Å². The van der Waals surface area contributed by atoms with Crippen molar-refractivity contribution in [2.75, 3.05) is 13.1 Å². The molecule has 0 radical (unpaired) electrons. The quantitative estimate of drug-likeness (QED) is 0.352. The normalized spacial score (nSPS) is 13.2. The van der Waals surface area contributed by atoms with Gasteiger partial charge in [-0.2, -0.15) is 0 Å². The number of allylic oxidation sites excluding steroid dienone is 1. The summed E-state index contributed by atoms with van der Waals surface area (Å²) in [6, 6.07) is 10.2. The Morgan fingerprint density at radius 1 is 0.964 bits per heavy atom. The average Bonchev–Trinajstić information content (AvgIpc) is 2.69. The number of nitro groups is 2. The molecule has 1 saturated heterocycles. The maximum absolute atomic E-state index is 13.3. The first-order valence-electron chi connectivity index (χ1n) is 8.65. The van der Waals surface area contributed by atoms with Crippen molar-refractivity contribution in [2.24, 2.45) is 0 Å². The molecule has 0 amide bonds. The summed E-state index contributed by atoms with van der Waals surface area (Å²) < 4.78 is 0. The number of hydrogen-bond acceptors (Lipinski definition) is 7. The van der Waals surface area contributed by atoms with E-state index in [1.54, 1.807) is 24.3 Å². The number of ketones is 1. The van der Waals surface area contributed by atoms with Gasteiger partial charge in [0.25, 0.3) is 11.4 Å². The van der Waals surface area contributed by atoms with Crippen LogP contribution in [-0.2, 0) is 0 Å². The Labute approximate surface area is 160 Å². The van der Waals surface area contributed by atoms with E-state index in [-0.39, 0.29) is 11.1 Å². The van der Waals surface area contributed by atoms with E-state index in [1.165, 1.54) is 6.07 Å². The number of nitrogens with one attached hydrogen (secondary N) is 2. The van der Waals surface area contributed by atoms with Gasteiger partial charge in [0.1, 0.15) is 5.82 Å². The number of carbonyl (C=O) groups is 1. The highest BCUT2D eigenvalue weighted by molar-refractivity contribution is 6.30. The number of nitro benzene ring substituents is 2. The van der Waals surface area contributed by atoms with Crippen LogP contribution in [0, 0.1) is 27.2 Å². The summed E-state index contributed by atoms with van der Waals surface area (Å²) in [5.41, 5.74) is 0.553. The van der Waals surface area contributed by atoms with Gasteiger partial charge in [-0.15, -0.1) is 0 Å². The Morgan fingerprint density at radius 2 is 1.61 bits per heavy atom. The number of hydrogen-bond donors (Lipinski definition) is 2. The van der Waals surface area contributed by atoms with E-state index in [0.717, 1.165) is 24.1 Å². The SMILES string of the molecule is Cc1ccc(C(=O)C(=C2NCCCN2)c2ccc([N+](=O)[O-])cc2[N+](=O)[O-])cc1. The topological polar surface area (TPSA) is 127 Å². The Bertz CT molecular complexity index is 974. The van der Waals surface area contributed by atoms with Crippen molar-refractivity contribution in [1.82, 2.24) is 10.6 Å². The largest absolute Gasteiger partial charge is 0.371 e. The first-order chi connectivity index (χ1) is 13.4. The molecule has 9 heteroatoms. The molecule has 0 saturated carbocycles. The maximum Gasteiger partial charge on any atom is 0.284 e. The molecule has 9 nitrogen and oxygen atoms in total. The second-order valence-electron chi connectivity index (χ2n) is 6.37. The van der Waals surface area contributed by atoms with Crippen molar-refractivity contribution < 1.29 is 14.6 Å². The van der Waals surface area contributed by atoms with Crippen molar-refractivity contribution in [3.05, 3.63) is 85.2 Å². The standard InChI is InChI=1S/C19H18N4O5/c1-12-3-5-13(6-4-12)18(24)17(19-20-9-2-10-21-19)15-8-7-14(22(25)26)11-16(15)23(27)28/h3-8,11,20-21H,2,9-10H2,1H3. The molecule has 1 aliphatic heterocycles. The summed E-state index contributed by atoms with van der Waals surface area (Å²) >= 11 is 0. The van der Waals surface area contributed by atoms with Crippen LogP contribution in [0.4, 0.5) is 11.4 Å². The summed E-state index contributed by atoms with van der Waals surface area (Å²) in [4.78, 5) is 34.5. The fraction of sp³-hybridized carbons (Fsp3) is 0.211. The summed E-state index contributed by atoms with van der Waals surface area (Å²) in [6.07, 6.45) is 0.831. The molecular formula is C19H18N4O5. The molecule has 28 heavy (non-hydrogen) atoms. The van der Waals surface area contributed by atoms with E-state index >= 15 is 0 Å². The molecular weight excluding hydrogens is 364 g/mol. The van der Waals surface area contributed by atoms with E-state index in [1.807, 2.05) is 6.92 Å². The number of nitrogens with zero attached hydrogens (tertiary/aromatic N) is 2. The Kier molecular flexibility index (Phi) is 5.35. The molecule has 3 rings (SSSR count). The minimum absolute atomic E-state index is 0.0260. The van der Waals surface area contributed by atoms with Gasteiger partial charge in [-0.1, -0.05) is 29.8 Å². The molecule has 1 fully saturated rings. The van der Waals surface area contributed by atoms with Crippen molar-refractivity contribution in [3.8, 4) is 0 Å². The van der Waals surface area contributed by atoms with Crippen molar-refractivity contribution >= 4 is 22.7 Å². The molecule has 0 aliphatic carbocycles. The second-order valence-corrected chi connectivity index (χ2v) is 6.37. The summed E-state index contributed by atoms with van der Waals surface area (Å²) in [7, 11) is 0. The van der Waals surface area contributed by atoms with E-state index in [9.17, 15) is 25.0 Å². The predicted molar refractivity (Wildman–Crippen MR) is 103 cm³/mol. The summed E-state index contributed by atoms with van der Waals surface area (Å²) in [5.74, 6) is -0.0253. The van der Waals surface area contributed by atoms with Crippen LogP contribution in [-0.4, -0.2) is 28.7 Å². The summed E-state index contributed by atoms with van der Waals surface area (Å²) in [5, 5.41) is 28.8. The highest BCUT2D eigenvalue weighted by Gasteiger charge is 2.29. The second kappa shape index (κ2) is 7.87. The van der Waals surface area contributed by atoms with Gasteiger partial charge in [-0.3, -0.25) is 25.0 Å². The lowest BCUT2D eigenvalue weighted by molar-refractivity contribution is -0.394. The third kappa shape index (κ3) is 3.83. The molecule has 0 bridgehead atoms. The number of Topliss-reactive ketones (excluding diaryl/α,β-unsaturated/α-hetero) is 1. The molecule has 0 aromatic heterocycles. The highest BCUT2D eigenvalue weighted by Crippen LogP contribution is 2.33. The zero-order chi connectivity index (χ0) is 20.3. The first kappa shape index (κ1) is 19.0. The lowest BCUT2D eigenvalue weighted by Crippen LogP contribution is -2.37. The highest BCUT2D eigenvalue weighted by atomic mass is 16.6. The Hall–Kier alpha value is -3.75. The first-order valence-corrected chi connectivity index (χ1v) is 8.65. The fourth-order valence-corrected chi connectivity index (χ4v) is 2.97. The number of non-ortho nitro benzene ring substituents is 1. The van der Waals surface area contributed by atoms with Gasteiger partial charge >= 0.3 is 0 Å². The zero-order valence-corrected chi connectivity index (χ0v) is 15.1. The zero-order valence-electron chi connectivity index (χ0n) is 15.1. The van der Waals surface area contributed by atoms with Crippen LogP contribution < -0.4 is 10.6 Å². The van der Waals surface area contributed by atoms with E-state index in [4.69, 9.17) is 0 Å². The maximum atomic E-state index is 13.3. The van der Waals surface area contributed by atoms with Gasteiger partial charge in [0.2, 0.25) is 0 Å². The molecule has 0 atom stereocenters. The van der Waals surface area contributed by atoms with Crippen LogP contribution >= 0.6 is 0 Å². The van der Waals surface area contributed by atoms with Crippen LogP contribution in [0.15, 0.2) is 48.3 Å². The van der Waals surface area contributed by atoms with Crippen LogP contribution in [0.2, 0.25) is 0 Å². The van der Waals surface area contributed by atoms with E-state index in [0.29, 0.717) is 24.5 Å². The number of benzene rings is 2. The monoisotopic (exact) mass is 382 g/mol. The average molecular weight is 382 g/mol. The third-order valence-corrected chi connectivity index (χ3v) is 4.41. The van der Waals surface area contributed by atoms with Crippen LogP contribution in [0.3, 0.4) is 0 Å².